The molecule has 0 amide bonds. The largest absolute Gasteiger partial charge is 0.288 e. The van der Waals surface area contributed by atoms with E-state index in [0.29, 0.717) is 11.4 Å². The number of aromatic amines is 1. The summed E-state index contributed by atoms with van der Waals surface area (Å²) in [5, 5.41) is 11.8. The standard InChI is InChI=1S/C13H16N6O/c1-13(2,3)10-11(20)16-12(19-17-10)18-15-8-9-6-4-5-7-14-9/h4-8H,1-3H3,(H2,16,18,19,20)/b15-8+. The first-order valence-corrected chi connectivity index (χ1v) is 6.14. The smallest absolute Gasteiger partial charge is 0.274 e. The van der Waals surface area contributed by atoms with Crippen LogP contribution >= 0.6 is 0 Å². The van der Waals surface area contributed by atoms with Crippen LogP contribution in [-0.4, -0.2) is 26.4 Å². The van der Waals surface area contributed by atoms with Crippen LogP contribution in [0.2, 0.25) is 0 Å². The Kier molecular flexibility index (Phi) is 3.88. The molecule has 0 aliphatic heterocycles. The molecular formula is C13H16N6O. The average Bonchev–Trinajstić information content (AvgIpc) is 2.38. The molecule has 0 fully saturated rings. The minimum Gasteiger partial charge on any atom is -0.288 e. The van der Waals surface area contributed by atoms with Crippen LogP contribution in [0.25, 0.3) is 0 Å². The van der Waals surface area contributed by atoms with Gasteiger partial charge in [0.1, 0.15) is 5.69 Å². The molecule has 2 aromatic rings. The quantitative estimate of drug-likeness (QED) is 0.648. The van der Waals surface area contributed by atoms with Crippen LogP contribution < -0.4 is 11.0 Å². The Labute approximate surface area is 116 Å². The van der Waals surface area contributed by atoms with Crippen molar-refractivity contribution in [3.05, 3.63) is 46.1 Å². The average molecular weight is 272 g/mol. The second-order valence-corrected chi connectivity index (χ2v) is 5.23. The van der Waals surface area contributed by atoms with Gasteiger partial charge < -0.3 is 0 Å². The lowest BCUT2D eigenvalue weighted by Crippen LogP contribution is -2.28. The van der Waals surface area contributed by atoms with Crippen LogP contribution in [0.4, 0.5) is 5.95 Å². The van der Waals surface area contributed by atoms with Crippen LogP contribution in [0.1, 0.15) is 32.2 Å². The third kappa shape index (κ3) is 3.47. The van der Waals surface area contributed by atoms with E-state index >= 15 is 0 Å². The van der Waals surface area contributed by atoms with Crippen molar-refractivity contribution >= 4 is 12.2 Å². The monoisotopic (exact) mass is 272 g/mol. The van der Waals surface area contributed by atoms with E-state index in [-0.39, 0.29) is 16.9 Å². The lowest BCUT2D eigenvalue weighted by molar-refractivity contribution is 0.547. The molecule has 0 saturated carbocycles. The van der Waals surface area contributed by atoms with Crippen molar-refractivity contribution in [3.63, 3.8) is 0 Å². The number of nitrogens with one attached hydrogen (secondary N) is 2. The van der Waals surface area contributed by atoms with Gasteiger partial charge in [0.2, 0.25) is 5.95 Å². The number of hydrogen-bond donors (Lipinski definition) is 2. The number of pyridine rings is 1. The highest BCUT2D eigenvalue weighted by Crippen LogP contribution is 2.15. The van der Waals surface area contributed by atoms with E-state index in [9.17, 15) is 4.79 Å². The van der Waals surface area contributed by atoms with Gasteiger partial charge in [-0.15, -0.1) is 10.2 Å². The first-order chi connectivity index (χ1) is 9.47. The van der Waals surface area contributed by atoms with Gasteiger partial charge >= 0.3 is 0 Å². The summed E-state index contributed by atoms with van der Waals surface area (Å²) in [6, 6.07) is 5.48. The molecule has 0 aromatic carbocycles. The molecule has 0 aliphatic rings. The molecule has 2 aromatic heterocycles. The number of hydrazone groups is 1. The van der Waals surface area contributed by atoms with E-state index in [4.69, 9.17) is 0 Å². The number of H-pyrrole nitrogens is 1. The van der Waals surface area contributed by atoms with Gasteiger partial charge in [0.25, 0.3) is 5.56 Å². The molecule has 2 N–H and O–H groups in total. The zero-order chi connectivity index (χ0) is 14.6. The van der Waals surface area contributed by atoms with Crippen molar-refractivity contribution in [1.29, 1.82) is 0 Å². The summed E-state index contributed by atoms with van der Waals surface area (Å²) >= 11 is 0. The molecule has 0 unspecified atom stereocenters. The molecule has 104 valence electrons. The van der Waals surface area contributed by atoms with E-state index < -0.39 is 0 Å². The van der Waals surface area contributed by atoms with E-state index in [2.05, 4.69) is 30.7 Å². The van der Waals surface area contributed by atoms with Crippen LogP contribution in [0.5, 0.6) is 0 Å². The van der Waals surface area contributed by atoms with Crippen molar-refractivity contribution in [3.8, 4) is 0 Å². The molecule has 7 nitrogen and oxygen atoms in total. The van der Waals surface area contributed by atoms with Gasteiger partial charge in [0.15, 0.2) is 0 Å². The molecule has 0 aliphatic carbocycles. The fourth-order valence-corrected chi connectivity index (χ4v) is 1.49. The highest BCUT2D eigenvalue weighted by atomic mass is 16.1. The van der Waals surface area contributed by atoms with Gasteiger partial charge in [-0.05, 0) is 12.1 Å². The molecule has 0 bridgehead atoms. The number of rotatable bonds is 3. The highest BCUT2D eigenvalue weighted by molar-refractivity contribution is 5.77. The predicted molar refractivity (Wildman–Crippen MR) is 76.8 cm³/mol. The first kappa shape index (κ1) is 13.9. The SMILES string of the molecule is CC(C)(C)c1nnc(N/N=C/c2ccccn2)[nH]c1=O. The zero-order valence-corrected chi connectivity index (χ0v) is 11.6. The molecule has 2 rings (SSSR count). The molecule has 0 radical (unpaired) electrons. The van der Waals surface area contributed by atoms with Crippen molar-refractivity contribution in [2.45, 2.75) is 26.2 Å². The summed E-state index contributed by atoms with van der Waals surface area (Å²) in [6.07, 6.45) is 3.19. The Morgan fingerprint density at radius 1 is 1.30 bits per heavy atom. The van der Waals surface area contributed by atoms with Crippen molar-refractivity contribution in [2.24, 2.45) is 5.10 Å². The van der Waals surface area contributed by atoms with E-state index in [1.165, 1.54) is 6.21 Å². The van der Waals surface area contributed by atoms with Gasteiger partial charge in [-0.1, -0.05) is 26.8 Å². The maximum absolute atomic E-state index is 11.9. The normalized spacial score (nSPS) is 11.8. The van der Waals surface area contributed by atoms with E-state index in [0.717, 1.165) is 0 Å². The number of hydrogen-bond acceptors (Lipinski definition) is 6. The topological polar surface area (TPSA) is 95.9 Å². The minimum atomic E-state index is -0.351. The van der Waals surface area contributed by atoms with Crippen LogP contribution in [-0.2, 0) is 5.41 Å². The Hall–Kier alpha value is -2.57. The Morgan fingerprint density at radius 2 is 2.10 bits per heavy atom. The summed E-state index contributed by atoms with van der Waals surface area (Å²) in [4.78, 5) is 18.5. The number of anilines is 1. The summed E-state index contributed by atoms with van der Waals surface area (Å²) in [6.45, 7) is 5.70. The Bertz CT molecular complexity index is 657. The number of nitrogens with zero attached hydrogens (tertiary/aromatic N) is 4. The zero-order valence-electron chi connectivity index (χ0n) is 11.6. The van der Waals surface area contributed by atoms with Crippen molar-refractivity contribution in [1.82, 2.24) is 20.2 Å². The molecular weight excluding hydrogens is 256 g/mol. The molecule has 0 saturated heterocycles. The number of aromatic nitrogens is 4. The van der Waals surface area contributed by atoms with Gasteiger partial charge in [-0.3, -0.25) is 14.8 Å². The second-order valence-electron chi connectivity index (χ2n) is 5.23. The van der Waals surface area contributed by atoms with Crippen LogP contribution in [0.3, 0.4) is 0 Å². The molecule has 2 heterocycles. The maximum atomic E-state index is 11.9. The molecule has 20 heavy (non-hydrogen) atoms. The van der Waals surface area contributed by atoms with Crippen molar-refractivity contribution in [2.75, 3.05) is 5.43 Å². The molecule has 0 spiro atoms. The van der Waals surface area contributed by atoms with E-state index in [1.807, 2.05) is 39.0 Å². The fourth-order valence-electron chi connectivity index (χ4n) is 1.49. The molecule has 0 atom stereocenters. The third-order valence-corrected chi connectivity index (χ3v) is 2.46. The van der Waals surface area contributed by atoms with E-state index in [1.54, 1.807) is 6.20 Å². The Morgan fingerprint density at radius 3 is 2.70 bits per heavy atom. The highest BCUT2D eigenvalue weighted by Gasteiger charge is 2.20. The summed E-state index contributed by atoms with van der Waals surface area (Å²) in [5.41, 5.74) is 3.07. The predicted octanol–water partition coefficient (Wildman–Crippen LogP) is 1.30. The van der Waals surface area contributed by atoms with Gasteiger partial charge in [0, 0.05) is 11.6 Å². The lowest BCUT2D eigenvalue weighted by atomic mass is 9.93. The van der Waals surface area contributed by atoms with Crippen LogP contribution in [0, 0.1) is 0 Å². The van der Waals surface area contributed by atoms with Crippen molar-refractivity contribution < 1.29 is 0 Å². The summed E-state index contributed by atoms with van der Waals surface area (Å²) < 4.78 is 0. The third-order valence-electron chi connectivity index (χ3n) is 2.46. The minimum absolute atomic E-state index is 0.190. The summed E-state index contributed by atoms with van der Waals surface area (Å²) in [5.74, 6) is 0.190. The van der Waals surface area contributed by atoms with Gasteiger partial charge in [-0.25, -0.2) is 5.43 Å². The lowest BCUT2D eigenvalue weighted by Gasteiger charge is -2.15. The summed E-state index contributed by atoms with van der Waals surface area (Å²) in [7, 11) is 0. The Balaban J connectivity index is 2.10. The van der Waals surface area contributed by atoms with Crippen LogP contribution in [0.15, 0.2) is 34.3 Å². The maximum Gasteiger partial charge on any atom is 0.274 e. The van der Waals surface area contributed by atoms with Gasteiger partial charge in [0.05, 0.1) is 11.9 Å². The second kappa shape index (κ2) is 5.60. The van der Waals surface area contributed by atoms with Gasteiger partial charge in [-0.2, -0.15) is 5.10 Å². The molecule has 7 heteroatoms. The first-order valence-electron chi connectivity index (χ1n) is 6.14. The fraction of sp³-hybridized carbons (Fsp3) is 0.308.